The third-order valence-electron chi connectivity index (χ3n) is 3.93. The number of carboxylic acids is 1. The lowest BCUT2D eigenvalue weighted by Gasteiger charge is -2.13. The van der Waals surface area contributed by atoms with E-state index in [1.807, 2.05) is 48.5 Å². The summed E-state index contributed by atoms with van der Waals surface area (Å²) >= 11 is 1.60. The van der Waals surface area contributed by atoms with Gasteiger partial charge in [-0.05, 0) is 29.8 Å². The smallest absolute Gasteiger partial charge is 0.321 e. The van der Waals surface area contributed by atoms with Gasteiger partial charge in [0.2, 0.25) is 0 Å². The summed E-state index contributed by atoms with van der Waals surface area (Å²) in [5.41, 5.74) is 1.04. The third-order valence-corrected chi connectivity index (χ3v) is 5.19. The molecule has 0 spiro atoms. The number of carboxylic acid groups (broad SMARTS) is 1. The van der Waals surface area contributed by atoms with E-state index >= 15 is 0 Å². The minimum atomic E-state index is -0.809. The number of benzene rings is 2. The first kappa shape index (κ1) is 18.4. The molecule has 6 nitrogen and oxygen atoms in total. The van der Waals surface area contributed by atoms with Gasteiger partial charge in [0.25, 0.3) is 0 Å². The first-order valence-electron chi connectivity index (χ1n) is 8.26. The maximum Gasteiger partial charge on any atom is 0.321 e. The Morgan fingerprint density at radius 3 is 2.46 bits per heavy atom. The maximum atomic E-state index is 11.0. The summed E-state index contributed by atoms with van der Waals surface area (Å²) in [7, 11) is 1.62. The Morgan fingerprint density at radius 1 is 1.12 bits per heavy atom. The Morgan fingerprint density at radius 2 is 1.81 bits per heavy atom. The van der Waals surface area contributed by atoms with Crippen molar-refractivity contribution in [2.75, 3.05) is 26.1 Å². The van der Waals surface area contributed by atoms with Crippen molar-refractivity contribution in [2.45, 2.75) is 11.4 Å². The van der Waals surface area contributed by atoms with Crippen LogP contribution < -0.4 is 19.5 Å². The van der Waals surface area contributed by atoms with Crippen molar-refractivity contribution in [3.8, 4) is 17.2 Å². The molecule has 2 aromatic rings. The molecular formula is C19H21NO5S. The minimum Gasteiger partial charge on any atom is -0.497 e. The molecule has 1 aliphatic rings. The van der Waals surface area contributed by atoms with Gasteiger partial charge in [-0.15, -0.1) is 11.8 Å². The lowest BCUT2D eigenvalue weighted by molar-refractivity contribution is -0.138. The van der Waals surface area contributed by atoms with E-state index < -0.39 is 12.0 Å². The van der Waals surface area contributed by atoms with Gasteiger partial charge in [0.15, 0.2) is 0 Å². The number of aliphatic carboxylic acids is 1. The number of ether oxygens (including phenoxy) is 3. The Kier molecular flexibility index (Phi) is 6.25. The maximum absolute atomic E-state index is 11.0. The van der Waals surface area contributed by atoms with Crippen LogP contribution in [0.2, 0.25) is 0 Å². The van der Waals surface area contributed by atoms with E-state index in [0.29, 0.717) is 19.0 Å². The zero-order valence-corrected chi connectivity index (χ0v) is 15.2. The van der Waals surface area contributed by atoms with E-state index in [-0.39, 0.29) is 5.37 Å². The molecule has 1 aliphatic heterocycles. The molecule has 2 unspecified atom stereocenters. The Balaban J connectivity index is 1.44. The molecule has 0 amide bonds. The molecule has 1 saturated heterocycles. The van der Waals surface area contributed by atoms with Crippen LogP contribution >= 0.6 is 11.8 Å². The van der Waals surface area contributed by atoms with E-state index in [1.54, 1.807) is 18.9 Å². The normalized spacial score (nSPS) is 19.1. The molecule has 26 heavy (non-hydrogen) atoms. The second kappa shape index (κ2) is 8.82. The number of rotatable bonds is 8. The molecule has 0 saturated carbocycles. The molecule has 0 aromatic heterocycles. The lowest BCUT2D eigenvalue weighted by atomic mass is 10.2. The van der Waals surface area contributed by atoms with Gasteiger partial charge in [-0.1, -0.05) is 18.2 Å². The van der Waals surface area contributed by atoms with Gasteiger partial charge in [-0.25, -0.2) is 0 Å². The van der Waals surface area contributed by atoms with Gasteiger partial charge in [0, 0.05) is 11.8 Å². The predicted molar refractivity (Wildman–Crippen MR) is 100 cm³/mol. The van der Waals surface area contributed by atoms with Crippen molar-refractivity contribution in [1.29, 1.82) is 0 Å². The zero-order valence-electron chi connectivity index (χ0n) is 14.4. The van der Waals surface area contributed by atoms with Gasteiger partial charge in [0.1, 0.15) is 36.5 Å². The van der Waals surface area contributed by atoms with Crippen molar-refractivity contribution in [3.63, 3.8) is 0 Å². The Hall–Kier alpha value is -2.38. The average Bonchev–Trinajstić information content (AvgIpc) is 3.16. The highest BCUT2D eigenvalue weighted by Gasteiger charge is 2.30. The molecule has 2 atom stereocenters. The van der Waals surface area contributed by atoms with E-state index in [2.05, 4.69) is 5.32 Å². The first-order chi connectivity index (χ1) is 12.7. The largest absolute Gasteiger partial charge is 0.497 e. The number of hydrogen-bond donors (Lipinski definition) is 2. The van der Waals surface area contributed by atoms with Gasteiger partial charge in [-0.3, -0.25) is 10.1 Å². The molecule has 1 fully saturated rings. The van der Waals surface area contributed by atoms with Crippen molar-refractivity contribution >= 4 is 17.7 Å². The van der Waals surface area contributed by atoms with Crippen LogP contribution in [-0.4, -0.2) is 43.2 Å². The van der Waals surface area contributed by atoms with Crippen molar-refractivity contribution in [1.82, 2.24) is 5.32 Å². The van der Waals surface area contributed by atoms with E-state index in [9.17, 15) is 4.79 Å². The number of nitrogens with one attached hydrogen (secondary N) is 1. The average molecular weight is 375 g/mol. The molecule has 0 aliphatic carbocycles. The van der Waals surface area contributed by atoms with E-state index in [4.69, 9.17) is 19.3 Å². The lowest BCUT2D eigenvalue weighted by Crippen LogP contribution is -2.33. The molecule has 0 radical (unpaired) electrons. The Labute approximate surface area is 156 Å². The molecule has 2 aromatic carbocycles. The number of thioether (sulfide) groups is 1. The standard InChI is InChI=1S/C19H21NO5S/c1-23-15-3-2-4-16(11-15)25-10-9-24-14-7-5-13(6-8-14)18-20-17(12-26-18)19(21)22/h2-8,11,17-18,20H,9-10,12H2,1H3,(H,21,22). The van der Waals surface area contributed by atoms with E-state index in [0.717, 1.165) is 22.8 Å². The fourth-order valence-corrected chi connectivity index (χ4v) is 3.79. The molecule has 2 N–H and O–H groups in total. The van der Waals surface area contributed by atoms with Crippen LogP contribution in [-0.2, 0) is 4.79 Å². The summed E-state index contributed by atoms with van der Waals surface area (Å²) in [6.07, 6.45) is 0. The van der Waals surface area contributed by atoms with Crippen LogP contribution in [0.5, 0.6) is 17.2 Å². The topological polar surface area (TPSA) is 77.0 Å². The molecular weight excluding hydrogens is 354 g/mol. The van der Waals surface area contributed by atoms with Crippen LogP contribution in [0.15, 0.2) is 48.5 Å². The highest BCUT2D eigenvalue weighted by atomic mass is 32.2. The molecule has 1 heterocycles. The van der Waals surface area contributed by atoms with Gasteiger partial charge < -0.3 is 19.3 Å². The second-order valence-corrected chi connectivity index (χ2v) is 6.85. The van der Waals surface area contributed by atoms with E-state index in [1.165, 1.54) is 0 Å². The quantitative estimate of drug-likeness (QED) is 0.687. The number of hydrogen-bond acceptors (Lipinski definition) is 6. The second-order valence-electron chi connectivity index (χ2n) is 5.72. The molecule has 138 valence electrons. The number of methoxy groups -OCH3 is 1. The highest BCUT2D eigenvalue weighted by molar-refractivity contribution is 7.99. The SMILES string of the molecule is COc1cccc(OCCOc2ccc(C3NC(C(=O)O)CS3)cc2)c1. The van der Waals surface area contributed by atoms with Crippen LogP contribution in [0.1, 0.15) is 10.9 Å². The van der Waals surface area contributed by atoms with Gasteiger partial charge >= 0.3 is 5.97 Å². The van der Waals surface area contributed by atoms with Crippen molar-refractivity contribution < 1.29 is 24.1 Å². The number of carbonyl (C=O) groups is 1. The van der Waals surface area contributed by atoms with Gasteiger partial charge in [-0.2, -0.15) is 0 Å². The summed E-state index contributed by atoms with van der Waals surface area (Å²) in [6, 6.07) is 14.6. The predicted octanol–water partition coefficient (Wildman–Crippen LogP) is 2.94. The molecule has 7 heteroatoms. The third kappa shape index (κ3) is 4.83. The van der Waals surface area contributed by atoms with Crippen LogP contribution in [0.3, 0.4) is 0 Å². The fourth-order valence-electron chi connectivity index (χ4n) is 2.56. The monoisotopic (exact) mass is 375 g/mol. The summed E-state index contributed by atoms with van der Waals surface area (Å²) in [5, 5.41) is 12.1. The van der Waals surface area contributed by atoms with Gasteiger partial charge in [0.05, 0.1) is 12.5 Å². The van der Waals surface area contributed by atoms with Crippen LogP contribution in [0, 0.1) is 0 Å². The van der Waals surface area contributed by atoms with Crippen molar-refractivity contribution in [2.24, 2.45) is 0 Å². The zero-order chi connectivity index (χ0) is 18.4. The first-order valence-corrected chi connectivity index (χ1v) is 9.30. The minimum absolute atomic E-state index is 0.00143. The Bertz CT molecular complexity index is 737. The molecule has 3 rings (SSSR count). The van der Waals surface area contributed by atoms with Crippen LogP contribution in [0.4, 0.5) is 0 Å². The molecule has 0 bridgehead atoms. The highest BCUT2D eigenvalue weighted by Crippen LogP contribution is 2.33. The summed E-state index contributed by atoms with van der Waals surface area (Å²) in [5.74, 6) is 2.00. The van der Waals surface area contributed by atoms with Crippen molar-refractivity contribution in [3.05, 3.63) is 54.1 Å². The summed E-state index contributed by atoms with van der Waals surface area (Å²) in [4.78, 5) is 11.0. The fraction of sp³-hybridized carbons (Fsp3) is 0.316. The summed E-state index contributed by atoms with van der Waals surface area (Å²) < 4.78 is 16.5. The van der Waals surface area contributed by atoms with Crippen LogP contribution in [0.25, 0.3) is 0 Å². The summed E-state index contributed by atoms with van der Waals surface area (Å²) in [6.45, 7) is 0.851.